The lowest BCUT2D eigenvalue weighted by Crippen LogP contribution is -2.31. The molecule has 0 amide bonds. The van der Waals surface area contributed by atoms with Gasteiger partial charge in [-0.2, -0.15) is 0 Å². The van der Waals surface area contributed by atoms with Crippen LogP contribution in [0.2, 0.25) is 0 Å². The number of hydrogen-bond acceptors (Lipinski definition) is 6. The van der Waals surface area contributed by atoms with E-state index in [0.717, 1.165) is 67.7 Å². The van der Waals surface area contributed by atoms with Gasteiger partial charge in [0, 0.05) is 30.6 Å². The van der Waals surface area contributed by atoms with Crippen LogP contribution in [-0.2, 0) is 0 Å². The van der Waals surface area contributed by atoms with Crippen molar-refractivity contribution in [2.75, 3.05) is 31.6 Å². The molecule has 3 heterocycles. The van der Waals surface area contributed by atoms with Gasteiger partial charge in [0.15, 0.2) is 11.5 Å². The second-order valence-corrected chi connectivity index (χ2v) is 6.96. The van der Waals surface area contributed by atoms with Crippen LogP contribution in [0, 0.1) is 6.92 Å². The van der Waals surface area contributed by atoms with Crippen molar-refractivity contribution in [1.82, 2.24) is 15.3 Å². The summed E-state index contributed by atoms with van der Waals surface area (Å²) in [5, 5.41) is 6.84. The maximum atomic E-state index is 6.01. The fourth-order valence-corrected chi connectivity index (χ4v) is 3.57. The number of fused-ring (bicyclic) bond motifs is 1. The average Bonchev–Trinajstić information content (AvgIpc) is 2.68. The van der Waals surface area contributed by atoms with Crippen LogP contribution < -0.4 is 20.1 Å². The van der Waals surface area contributed by atoms with E-state index < -0.39 is 0 Å². The van der Waals surface area contributed by atoms with Gasteiger partial charge in [0.25, 0.3) is 0 Å². The zero-order chi connectivity index (χ0) is 17.8. The predicted octanol–water partition coefficient (Wildman–Crippen LogP) is 2.89. The molecule has 1 unspecified atom stereocenters. The topological polar surface area (TPSA) is 68.3 Å². The van der Waals surface area contributed by atoms with E-state index in [4.69, 9.17) is 9.47 Å². The van der Waals surface area contributed by atoms with Crippen LogP contribution in [0.5, 0.6) is 11.5 Å². The van der Waals surface area contributed by atoms with Crippen LogP contribution in [0.4, 0.5) is 5.82 Å². The Bertz CT molecular complexity index is 746. The molecule has 2 aliphatic rings. The molecule has 1 saturated heterocycles. The van der Waals surface area contributed by atoms with E-state index in [2.05, 4.69) is 26.7 Å². The third-order valence-corrected chi connectivity index (χ3v) is 4.96. The molecule has 1 aromatic carbocycles. The van der Waals surface area contributed by atoms with Gasteiger partial charge in [0.1, 0.15) is 24.4 Å². The maximum Gasteiger partial charge on any atom is 0.161 e. The molecule has 138 valence electrons. The minimum atomic E-state index is 0.0595. The molecule has 26 heavy (non-hydrogen) atoms. The normalized spacial score (nSPS) is 20.0. The monoisotopic (exact) mass is 354 g/mol. The van der Waals surface area contributed by atoms with Crippen LogP contribution in [0.3, 0.4) is 0 Å². The summed E-state index contributed by atoms with van der Waals surface area (Å²) in [6.07, 6.45) is 3.20. The number of aromatic nitrogens is 2. The molecule has 1 atom stereocenters. The van der Waals surface area contributed by atoms with E-state index in [1.54, 1.807) is 0 Å². The van der Waals surface area contributed by atoms with E-state index in [0.29, 0.717) is 12.5 Å². The number of ether oxygens (including phenoxy) is 2. The minimum Gasteiger partial charge on any atom is -0.486 e. The molecule has 0 bridgehead atoms. The van der Waals surface area contributed by atoms with Crippen LogP contribution in [0.15, 0.2) is 30.3 Å². The molecule has 6 nitrogen and oxygen atoms in total. The van der Waals surface area contributed by atoms with Crippen molar-refractivity contribution in [3.63, 3.8) is 0 Å². The van der Waals surface area contributed by atoms with Gasteiger partial charge < -0.3 is 20.1 Å². The molecule has 0 saturated carbocycles. The summed E-state index contributed by atoms with van der Waals surface area (Å²) in [7, 11) is 0. The van der Waals surface area contributed by atoms with E-state index in [1.807, 2.05) is 31.2 Å². The first kappa shape index (κ1) is 17.1. The summed E-state index contributed by atoms with van der Waals surface area (Å²) in [6, 6.07) is 9.93. The number of rotatable bonds is 5. The number of nitrogens with one attached hydrogen (secondary N) is 2. The van der Waals surface area contributed by atoms with Crippen molar-refractivity contribution in [2.24, 2.45) is 0 Å². The maximum absolute atomic E-state index is 6.01. The van der Waals surface area contributed by atoms with Crippen molar-refractivity contribution in [3.8, 4) is 11.5 Å². The summed E-state index contributed by atoms with van der Waals surface area (Å²) >= 11 is 0. The number of para-hydroxylation sites is 2. The minimum absolute atomic E-state index is 0.0595. The number of benzene rings is 1. The zero-order valence-corrected chi connectivity index (χ0v) is 15.2. The van der Waals surface area contributed by atoms with Crippen molar-refractivity contribution in [2.45, 2.75) is 38.2 Å². The van der Waals surface area contributed by atoms with Crippen LogP contribution in [0.1, 0.15) is 36.7 Å². The molecule has 4 rings (SSSR count). The Hall–Kier alpha value is -2.34. The quantitative estimate of drug-likeness (QED) is 0.861. The first-order chi connectivity index (χ1) is 12.8. The highest BCUT2D eigenvalue weighted by molar-refractivity contribution is 5.41. The summed E-state index contributed by atoms with van der Waals surface area (Å²) < 4.78 is 11.8. The average molecular weight is 354 g/mol. The summed E-state index contributed by atoms with van der Waals surface area (Å²) in [5.74, 6) is 3.92. The van der Waals surface area contributed by atoms with Crippen molar-refractivity contribution >= 4 is 5.82 Å². The first-order valence-electron chi connectivity index (χ1n) is 9.46. The van der Waals surface area contributed by atoms with Crippen LogP contribution in [0.25, 0.3) is 0 Å². The number of hydrogen-bond donors (Lipinski definition) is 2. The Labute approximate surface area is 154 Å². The Balaban J connectivity index is 1.33. The van der Waals surface area contributed by atoms with E-state index in [-0.39, 0.29) is 6.10 Å². The molecule has 6 heteroatoms. The molecule has 0 aliphatic carbocycles. The van der Waals surface area contributed by atoms with Crippen molar-refractivity contribution in [3.05, 3.63) is 41.9 Å². The smallest absolute Gasteiger partial charge is 0.161 e. The highest BCUT2D eigenvalue weighted by atomic mass is 16.6. The largest absolute Gasteiger partial charge is 0.486 e. The highest BCUT2D eigenvalue weighted by Gasteiger charge is 2.21. The standard InChI is InChI=1S/C20H26N4O2/c1-14-23-17(15-6-9-21-10-7-15)12-20(24-14)22-11-8-16-13-25-18-4-2-3-5-19(18)26-16/h2-5,12,15-16,21H,6-11,13H2,1H3,(H,22,23,24). The van der Waals surface area contributed by atoms with Gasteiger partial charge >= 0.3 is 0 Å². The molecule has 2 aliphatic heterocycles. The number of nitrogens with zero attached hydrogens (tertiary/aromatic N) is 2. The van der Waals surface area contributed by atoms with Gasteiger partial charge in [-0.3, -0.25) is 0 Å². The third-order valence-electron chi connectivity index (χ3n) is 4.96. The second kappa shape index (κ2) is 7.91. The van der Waals surface area contributed by atoms with Gasteiger partial charge in [0.2, 0.25) is 0 Å². The van der Waals surface area contributed by atoms with E-state index >= 15 is 0 Å². The molecule has 2 aromatic rings. The molecule has 1 fully saturated rings. The van der Waals surface area contributed by atoms with Crippen molar-refractivity contribution < 1.29 is 9.47 Å². The molecule has 2 N–H and O–H groups in total. The fourth-order valence-electron chi connectivity index (χ4n) is 3.57. The summed E-state index contributed by atoms with van der Waals surface area (Å²) in [5.41, 5.74) is 1.16. The Morgan fingerprint density at radius 2 is 1.96 bits per heavy atom. The molecular formula is C20H26N4O2. The SMILES string of the molecule is Cc1nc(NCCC2COc3ccccc3O2)cc(C2CCNCC2)n1. The van der Waals surface area contributed by atoms with Gasteiger partial charge in [-0.15, -0.1) is 0 Å². The summed E-state index contributed by atoms with van der Waals surface area (Å²) in [4.78, 5) is 9.19. The molecule has 0 radical (unpaired) electrons. The predicted molar refractivity (Wildman–Crippen MR) is 101 cm³/mol. The highest BCUT2D eigenvalue weighted by Crippen LogP contribution is 2.31. The lowest BCUT2D eigenvalue weighted by Gasteiger charge is -2.26. The lowest BCUT2D eigenvalue weighted by molar-refractivity contribution is 0.0873. The zero-order valence-electron chi connectivity index (χ0n) is 15.2. The number of piperidine rings is 1. The number of anilines is 1. The summed E-state index contributed by atoms with van der Waals surface area (Å²) in [6.45, 7) is 5.47. The fraction of sp³-hybridized carbons (Fsp3) is 0.500. The molecule has 0 spiro atoms. The number of aryl methyl sites for hydroxylation is 1. The molecular weight excluding hydrogens is 328 g/mol. The van der Waals surface area contributed by atoms with Crippen molar-refractivity contribution in [1.29, 1.82) is 0 Å². The van der Waals surface area contributed by atoms with Gasteiger partial charge in [-0.1, -0.05) is 12.1 Å². The van der Waals surface area contributed by atoms with Crippen LogP contribution >= 0.6 is 0 Å². The van der Waals surface area contributed by atoms with Gasteiger partial charge in [-0.05, 0) is 45.0 Å². The van der Waals surface area contributed by atoms with E-state index in [9.17, 15) is 0 Å². The third kappa shape index (κ3) is 4.07. The lowest BCUT2D eigenvalue weighted by atomic mass is 9.94. The Kier molecular flexibility index (Phi) is 5.20. The molecule has 1 aromatic heterocycles. The first-order valence-corrected chi connectivity index (χ1v) is 9.46. The van der Waals surface area contributed by atoms with Crippen LogP contribution in [-0.4, -0.2) is 42.3 Å². The Morgan fingerprint density at radius 3 is 2.81 bits per heavy atom. The Morgan fingerprint density at radius 1 is 1.15 bits per heavy atom. The van der Waals surface area contributed by atoms with Gasteiger partial charge in [0.05, 0.1) is 0 Å². The second-order valence-electron chi connectivity index (χ2n) is 6.96. The van der Waals surface area contributed by atoms with E-state index in [1.165, 1.54) is 0 Å². The van der Waals surface area contributed by atoms with Gasteiger partial charge in [-0.25, -0.2) is 9.97 Å².